The Balaban J connectivity index is 0.924. The highest BCUT2D eigenvalue weighted by atomic mass is 32.2. The highest BCUT2D eigenvalue weighted by molar-refractivity contribution is 7.89. The first-order valence-electron chi connectivity index (χ1n) is 14.0. The molecule has 1 aromatic rings. The third-order valence-electron chi connectivity index (χ3n) is 8.29. The molecule has 0 radical (unpaired) electrons. The maximum Gasteiger partial charge on any atom is 0.259 e. The van der Waals surface area contributed by atoms with E-state index in [1.807, 2.05) is 0 Å². The molecular weight excluding hydrogens is 476 g/mol. The lowest BCUT2D eigenvalue weighted by molar-refractivity contribution is -0.129. The lowest BCUT2D eigenvalue weighted by atomic mass is 9.49. The van der Waals surface area contributed by atoms with Crippen LogP contribution in [-0.4, -0.2) is 63.1 Å². The number of sulfonamides is 1. The van der Waals surface area contributed by atoms with Crippen molar-refractivity contribution in [2.24, 2.45) is 30.2 Å². The molecule has 0 unspecified atom stereocenters. The molecule has 1 heterocycles. The van der Waals surface area contributed by atoms with Gasteiger partial charge < -0.3 is 20.5 Å². The highest BCUT2D eigenvalue weighted by Gasteiger charge is 2.51. The number of hydrogen-bond acceptors (Lipinski definition) is 6. The van der Waals surface area contributed by atoms with Crippen LogP contribution in [0, 0.1) is 23.2 Å². The summed E-state index contributed by atoms with van der Waals surface area (Å²) in [4.78, 5) is 16.5. The fourth-order valence-corrected chi connectivity index (χ4v) is 8.17. The normalized spacial score (nSPS) is 27.0. The first-order chi connectivity index (χ1) is 17.3. The molecule has 0 atom stereocenters. The Kier molecular flexibility index (Phi) is 9.83. The lowest BCUT2D eigenvalue weighted by Gasteiger charge is -2.56. The first-order valence-corrected chi connectivity index (χ1v) is 15.5. The summed E-state index contributed by atoms with van der Waals surface area (Å²) in [6, 6.07) is 0. The summed E-state index contributed by atoms with van der Waals surface area (Å²) in [5.41, 5.74) is 0.332. The first kappa shape index (κ1) is 27.5. The summed E-state index contributed by atoms with van der Waals surface area (Å²) in [6.45, 7) is 4.78. The van der Waals surface area contributed by atoms with Crippen LogP contribution in [0.1, 0.15) is 70.6 Å². The number of amides is 1. The zero-order valence-corrected chi connectivity index (χ0v) is 22.8. The topological polar surface area (TPSA) is 117 Å². The maximum atomic E-state index is 12.6. The van der Waals surface area contributed by atoms with Gasteiger partial charge in [0.2, 0.25) is 5.91 Å². The Morgan fingerprint density at radius 1 is 0.917 bits per heavy atom. The number of aryl methyl sites for hydroxylation is 1. The van der Waals surface area contributed by atoms with E-state index in [0.717, 1.165) is 82.6 Å². The number of imidazole rings is 1. The predicted molar refractivity (Wildman–Crippen MR) is 141 cm³/mol. The van der Waals surface area contributed by atoms with Crippen molar-refractivity contribution in [3.63, 3.8) is 0 Å². The van der Waals surface area contributed by atoms with Crippen molar-refractivity contribution in [1.29, 1.82) is 0 Å². The zero-order valence-electron chi connectivity index (χ0n) is 21.9. The van der Waals surface area contributed by atoms with Gasteiger partial charge in [0.05, 0.1) is 6.33 Å². The maximum absolute atomic E-state index is 12.6. The van der Waals surface area contributed by atoms with Gasteiger partial charge >= 0.3 is 0 Å². The van der Waals surface area contributed by atoms with Crippen LogP contribution in [-0.2, 0) is 21.9 Å². The predicted octanol–water partition coefficient (Wildman–Crippen LogP) is 2.16. The Morgan fingerprint density at radius 3 is 2.03 bits per heavy atom. The number of nitrogens with one attached hydrogen (secondary N) is 4. The van der Waals surface area contributed by atoms with Crippen molar-refractivity contribution in [2.75, 3.05) is 39.3 Å². The molecule has 36 heavy (non-hydrogen) atoms. The van der Waals surface area contributed by atoms with Gasteiger partial charge in [0.15, 0.2) is 5.03 Å². The van der Waals surface area contributed by atoms with Crippen LogP contribution >= 0.6 is 0 Å². The minimum atomic E-state index is -3.51. The van der Waals surface area contributed by atoms with Crippen LogP contribution in [0.4, 0.5) is 0 Å². The molecule has 0 spiro atoms. The summed E-state index contributed by atoms with van der Waals surface area (Å²) in [5.74, 6) is 2.98. The van der Waals surface area contributed by atoms with E-state index in [1.165, 1.54) is 51.0 Å². The standard InChI is InChI=1S/C26H46N6O3S/c1-32-19-25(30-20-32)36(34,35)31-11-5-9-28-7-3-2-6-27-8-4-10-29-24(33)18-26-15-21-12-22(16-26)14-23(13-21)17-26/h19-23,27-28,31H,2-18H2,1H3,(H,29,33). The molecule has 1 amide bonds. The van der Waals surface area contributed by atoms with Gasteiger partial charge in [-0.2, -0.15) is 0 Å². The molecule has 4 saturated carbocycles. The third-order valence-corrected chi connectivity index (χ3v) is 9.63. The van der Waals surface area contributed by atoms with E-state index in [1.54, 1.807) is 11.6 Å². The van der Waals surface area contributed by atoms with Gasteiger partial charge in [-0.05, 0) is 114 Å². The molecule has 4 N–H and O–H groups in total. The molecule has 1 aromatic heterocycles. The summed E-state index contributed by atoms with van der Waals surface area (Å²) in [6.07, 6.45) is 15.8. The second kappa shape index (κ2) is 12.8. The molecule has 0 aliphatic heterocycles. The third kappa shape index (κ3) is 8.00. The van der Waals surface area contributed by atoms with Crippen LogP contribution in [0.3, 0.4) is 0 Å². The van der Waals surface area contributed by atoms with Crippen LogP contribution in [0.25, 0.3) is 0 Å². The minimum Gasteiger partial charge on any atom is -0.356 e. The average Bonchev–Trinajstić information content (AvgIpc) is 3.25. The Bertz CT molecular complexity index is 912. The quantitative estimate of drug-likeness (QED) is 0.233. The Morgan fingerprint density at radius 2 is 1.47 bits per heavy atom. The minimum absolute atomic E-state index is 0.0605. The van der Waals surface area contributed by atoms with Gasteiger partial charge in [0.1, 0.15) is 0 Å². The SMILES string of the molecule is Cn1cnc(S(=O)(=O)NCCCNCCCCNCCCNC(=O)CC23CC4CC(CC(C4)C2)C3)c1. The van der Waals surface area contributed by atoms with Crippen molar-refractivity contribution < 1.29 is 13.2 Å². The van der Waals surface area contributed by atoms with Crippen molar-refractivity contribution in [3.05, 3.63) is 12.5 Å². The van der Waals surface area contributed by atoms with E-state index < -0.39 is 10.0 Å². The van der Waals surface area contributed by atoms with Gasteiger partial charge in [-0.15, -0.1) is 0 Å². The van der Waals surface area contributed by atoms with E-state index >= 15 is 0 Å². The van der Waals surface area contributed by atoms with E-state index in [9.17, 15) is 13.2 Å². The number of nitrogens with zero attached hydrogens (tertiary/aromatic N) is 2. The average molecular weight is 523 g/mol. The number of aromatic nitrogens is 2. The highest BCUT2D eigenvalue weighted by Crippen LogP contribution is 2.61. The number of hydrogen-bond donors (Lipinski definition) is 4. The number of carbonyl (C=O) groups excluding carboxylic acids is 1. The molecular formula is C26H46N6O3S. The molecule has 4 bridgehead atoms. The Hall–Kier alpha value is -1.49. The molecule has 0 aromatic carbocycles. The van der Waals surface area contributed by atoms with E-state index in [-0.39, 0.29) is 10.9 Å². The van der Waals surface area contributed by atoms with Gasteiger partial charge in [-0.3, -0.25) is 4.79 Å². The monoisotopic (exact) mass is 522 g/mol. The number of carbonyl (C=O) groups is 1. The van der Waals surface area contributed by atoms with Gasteiger partial charge in [0.25, 0.3) is 10.0 Å². The van der Waals surface area contributed by atoms with Gasteiger partial charge in [0, 0.05) is 32.8 Å². The zero-order chi connectivity index (χ0) is 25.4. The van der Waals surface area contributed by atoms with Gasteiger partial charge in [-0.25, -0.2) is 18.1 Å². The van der Waals surface area contributed by atoms with E-state index in [2.05, 4.69) is 25.7 Å². The van der Waals surface area contributed by atoms with E-state index in [4.69, 9.17) is 0 Å². The second-order valence-corrected chi connectivity index (χ2v) is 13.3. The molecule has 4 aliphatic carbocycles. The fraction of sp³-hybridized carbons (Fsp3) is 0.846. The largest absolute Gasteiger partial charge is 0.356 e. The Labute approximate surface area is 217 Å². The van der Waals surface area contributed by atoms with Crippen molar-refractivity contribution in [3.8, 4) is 0 Å². The van der Waals surface area contributed by atoms with Crippen molar-refractivity contribution in [1.82, 2.24) is 30.2 Å². The van der Waals surface area contributed by atoms with Crippen LogP contribution in [0.5, 0.6) is 0 Å². The molecule has 4 fully saturated rings. The van der Waals surface area contributed by atoms with E-state index in [0.29, 0.717) is 12.0 Å². The summed E-state index contributed by atoms with van der Waals surface area (Å²) in [7, 11) is -1.77. The fourth-order valence-electron chi connectivity index (χ4n) is 7.12. The summed E-state index contributed by atoms with van der Waals surface area (Å²) >= 11 is 0. The van der Waals surface area contributed by atoms with Crippen LogP contribution in [0.2, 0.25) is 0 Å². The lowest BCUT2D eigenvalue weighted by Crippen LogP contribution is -2.48. The van der Waals surface area contributed by atoms with Crippen LogP contribution < -0.4 is 20.7 Å². The smallest absolute Gasteiger partial charge is 0.259 e. The van der Waals surface area contributed by atoms with Crippen molar-refractivity contribution >= 4 is 15.9 Å². The molecule has 9 nitrogen and oxygen atoms in total. The number of rotatable bonds is 17. The molecule has 0 saturated heterocycles. The molecule has 5 rings (SSSR count). The second-order valence-electron chi connectivity index (χ2n) is 11.6. The molecule has 4 aliphatic rings. The number of unbranched alkanes of at least 4 members (excludes halogenated alkanes) is 1. The van der Waals surface area contributed by atoms with Gasteiger partial charge in [-0.1, -0.05) is 0 Å². The summed E-state index contributed by atoms with van der Waals surface area (Å²) < 4.78 is 28.4. The molecule has 204 valence electrons. The summed E-state index contributed by atoms with van der Waals surface area (Å²) in [5, 5.41) is 10.1. The molecule has 10 heteroatoms. The van der Waals surface area contributed by atoms with Crippen LogP contribution in [0.15, 0.2) is 17.6 Å². The van der Waals surface area contributed by atoms with Crippen molar-refractivity contribution in [2.45, 2.75) is 75.7 Å².